The highest BCUT2D eigenvalue weighted by atomic mass is 35.5. The summed E-state index contributed by atoms with van der Waals surface area (Å²) < 4.78 is 1.03. The maximum absolute atomic E-state index is 12.9. The highest BCUT2D eigenvalue weighted by Gasteiger charge is 2.26. The average molecular weight is 497 g/mol. The van der Waals surface area contributed by atoms with Crippen molar-refractivity contribution in [1.29, 1.82) is 0 Å². The van der Waals surface area contributed by atoms with Gasteiger partial charge in [0, 0.05) is 36.9 Å². The fourth-order valence-corrected chi connectivity index (χ4v) is 5.00. The fourth-order valence-electron chi connectivity index (χ4n) is 3.43. The fraction of sp³-hybridized carbons (Fsp3) is 0.286. The van der Waals surface area contributed by atoms with Crippen LogP contribution in [-0.4, -0.2) is 47.7 Å². The number of nitrogens with one attached hydrogen (secondary N) is 1. The van der Waals surface area contributed by atoms with E-state index in [9.17, 15) is 4.79 Å². The van der Waals surface area contributed by atoms with Crippen LogP contribution >= 0.6 is 46.1 Å². The van der Waals surface area contributed by atoms with Crippen molar-refractivity contribution in [2.75, 3.05) is 36.5 Å². The van der Waals surface area contributed by atoms with Crippen molar-refractivity contribution in [2.45, 2.75) is 13.8 Å². The Hall–Kier alpha value is -2.06. The van der Waals surface area contributed by atoms with Gasteiger partial charge in [-0.2, -0.15) is 5.10 Å². The molecule has 0 saturated carbocycles. The normalized spacial score (nSPS) is 14.1. The van der Waals surface area contributed by atoms with Crippen LogP contribution in [0, 0.1) is 0 Å². The molecule has 0 bridgehead atoms. The van der Waals surface area contributed by atoms with Crippen molar-refractivity contribution in [3.05, 3.63) is 51.0 Å². The molecule has 0 spiro atoms. The number of fused-ring (bicyclic) bond motifs is 1. The lowest BCUT2D eigenvalue weighted by atomic mass is 10.1. The smallest absolute Gasteiger partial charge is 0.255 e. The third-order valence-corrected chi connectivity index (χ3v) is 6.68. The monoisotopic (exact) mass is 495 g/mol. The number of nitrogens with zero attached hydrogens (tertiary/aromatic N) is 4. The van der Waals surface area contributed by atoms with Gasteiger partial charge in [0.25, 0.3) is 5.91 Å². The number of carbonyl (C=O) groups excluding carboxylic acids is 1. The van der Waals surface area contributed by atoms with E-state index in [1.54, 1.807) is 23.1 Å². The first-order valence-electron chi connectivity index (χ1n) is 9.68. The van der Waals surface area contributed by atoms with Gasteiger partial charge < -0.3 is 9.80 Å². The zero-order chi connectivity index (χ0) is 22.1. The van der Waals surface area contributed by atoms with E-state index in [2.05, 4.69) is 15.4 Å². The van der Waals surface area contributed by atoms with Gasteiger partial charge in [0.2, 0.25) is 5.13 Å². The summed E-state index contributed by atoms with van der Waals surface area (Å²) in [4.78, 5) is 21.6. The summed E-state index contributed by atoms with van der Waals surface area (Å²) in [7, 11) is 0. The van der Waals surface area contributed by atoms with Crippen molar-refractivity contribution in [2.24, 2.45) is 5.10 Å². The molecular weight excluding hydrogens is 477 g/mol. The van der Waals surface area contributed by atoms with Gasteiger partial charge >= 0.3 is 0 Å². The van der Waals surface area contributed by atoms with Crippen molar-refractivity contribution >= 4 is 78.8 Å². The third-order valence-electron chi connectivity index (χ3n) is 4.90. The second-order valence-corrected chi connectivity index (χ2v) is 9.62. The van der Waals surface area contributed by atoms with E-state index in [4.69, 9.17) is 39.8 Å². The van der Waals surface area contributed by atoms with E-state index in [0.717, 1.165) is 21.6 Å². The number of carbonyl (C=O) groups is 1. The summed E-state index contributed by atoms with van der Waals surface area (Å²) in [6, 6.07) is 8.79. The van der Waals surface area contributed by atoms with Crippen molar-refractivity contribution in [3.63, 3.8) is 0 Å². The third kappa shape index (κ3) is 4.75. The van der Waals surface area contributed by atoms with Gasteiger partial charge in [-0.05, 0) is 44.2 Å². The minimum atomic E-state index is -0.0986. The number of thiazole rings is 1. The molecule has 162 valence electrons. The summed E-state index contributed by atoms with van der Waals surface area (Å²) >= 11 is 20.3. The molecule has 10 heteroatoms. The number of aromatic nitrogens is 1. The largest absolute Gasteiger partial charge is 0.365 e. The predicted octanol–water partition coefficient (Wildman–Crippen LogP) is 6.03. The summed E-state index contributed by atoms with van der Waals surface area (Å²) in [5, 5.41) is 6.45. The summed E-state index contributed by atoms with van der Waals surface area (Å²) in [5.74, 6) is -0.0986. The van der Waals surface area contributed by atoms with Crippen LogP contribution in [0.3, 0.4) is 0 Å². The van der Waals surface area contributed by atoms with Crippen LogP contribution in [0.2, 0.25) is 15.1 Å². The highest BCUT2D eigenvalue weighted by Crippen LogP contribution is 2.38. The Labute approximate surface area is 199 Å². The number of hydrazone groups is 1. The lowest BCUT2D eigenvalue weighted by Crippen LogP contribution is -2.49. The standard InChI is InChI=1S/C21H20Cl3N5OS/c1-12(2)26-27-21-25-18-17(31-21)6-5-15(23)19(18)28-7-9-29(10-8-28)20(30)14-4-3-13(22)11-16(14)24/h3-6,11H,7-10H2,1-2H3,(H,25,27). The molecule has 31 heavy (non-hydrogen) atoms. The SMILES string of the molecule is CC(C)=NNc1nc2c(N3CCN(C(=O)c4ccc(Cl)cc4Cl)CC3)c(Cl)ccc2s1. The molecule has 0 atom stereocenters. The van der Waals surface area contributed by atoms with E-state index >= 15 is 0 Å². The number of rotatable bonds is 4. The van der Waals surface area contributed by atoms with Crippen LogP contribution in [0.5, 0.6) is 0 Å². The lowest BCUT2D eigenvalue weighted by Gasteiger charge is -2.36. The summed E-state index contributed by atoms with van der Waals surface area (Å²) in [6.45, 7) is 6.23. The first kappa shape index (κ1) is 22.1. The molecule has 1 fully saturated rings. The number of hydrogen-bond acceptors (Lipinski definition) is 6. The molecule has 2 aromatic carbocycles. The van der Waals surface area contributed by atoms with Crippen molar-refractivity contribution in [1.82, 2.24) is 9.88 Å². The van der Waals surface area contributed by atoms with Crippen LogP contribution in [0.4, 0.5) is 10.8 Å². The molecular formula is C21H20Cl3N5OS. The topological polar surface area (TPSA) is 60.8 Å². The minimum Gasteiger partial charge on any atom is -0.365 e. The Morgan fingerprint density at radius 3 is 2.48 bits per heavy atom. The second-order valence-electron chi connectivity index (χ2n) is 7.34. The van der Waals surface area contributed by atoms with Gasteiger partial charge in [-0.25, -0.2) is 4.98 Å². The molecule has 1 amide bonds. The van der Waals surface area contributed by atoms with Gasteiger partial charge in [-0.15, -0.1) is 0 Å². The summed E-state index contributed by atoms with van der Waals surface area (Å²) in [5.41, 5.74) is 6.09. The Bertz CT molecular complexity index is 1170. The zero-order valence-electron chi connectivity index (χ0n) is 17.0. The molecule has 2 heterocycles. The number of halogens is 3. The Balaban J connectivity index is 1.53. The molecule has 1 N–H and O–H groups in total. The molecule has 3 aromatic rings. The molecule has 1 aliphatic heterocycles. The maximum atomic E-state index is 12.9. The highest BCUT2D eigenvalue weighted by molar-refractivity contribution is 7.22. The number of piperazine rings is 1. The van der Waals surface area contributed by atoms with Gasteiger partial charge in [0.1, 0.15) is 5.52 Å². The summed E-state index contributed by atoms with van der Waals surface area (Å²) in [6.07, 6.45) is 0. The van der Waals surface area contributed by atoms with Crippen LogP contribution in [0.1, 0.15) is 24.2 Å². The van der Waals surface area contributed by atoms with Gasteiger partial charge in [-0.3, -0.25) is 10.2 Å². The average Bonchev–Trinajstić information content (AvgIpc) is 3.15. The van der Waals surface area contributed by atoms with Crippen LogP contribution in [-0.2, 0) is 0 Å². The quantitative estimate of drug-likeness (QED) is 0.354. The number of amides is 1. The van der Waals surface area contributed by atoms with Crippen molar-refractivity contribution in [3.8, 4) is 0 Å². The van der Waals surface area contributed by atoms with E-state index in [1.807, 2.05) is 26.0 Å². The van der Waals surface area contributed by atoms with E-state index in [0.29, 0.717) is 51.9 Å². The second kappa shape index (κ2) is 9.20. The molecule has 1 aromatic heterocycles. The van der Waals surface area contributed by atoms with E-state index in [-0.39, 0.29) is 5.91 Å². The van der Waals surface area contributed by atoms with Gasteiger partial charge in [0.15, 0.2) is 0 Å². The zero-order valence-corrected chi connectivity index (χ0v) is 20.0. The maximum Gasteiger partial charge on any atom is 0.255 e. The van der Waals surface area contributed by atoms with E-state index in [1.165, 1.54) is 11.3 Å². The Kier molecular flexibility index (Phi) is 6.57. The lowest BCUT2D eigenvalue weighted by molar-refractivity contribution is 0.0747. The van der Waals surface area contributed by atoms with Gasteiger partial charge in [0.05, 0.1) is 26.0 Å². The Morgan fingerprint density at radius 2 is 1.81 bits per heavy atom. The molecule has 1 saturated heterocycles. The minimum absolute atomic E-state index is 0.0986. The van der Waals surface area contributed by atoms with Gasteiger partial charge in [-0.1, -0.05) is 46.1 Å². The van der Waals surface area contributed by atoms with Crippen LogP contribution in [0.25, 0.3) is 10.2 Å². The van der Waals surface area contributed by atoms with Crippen molar-refractivity contribution < 1.29 is 4.79 Å². The molecule has 1 aliphatic rings. The van der Waals surface area contributed by atoms with Crippen LogP contribution in [0.15, 0.2) is 35.4 Å². The van der Waals surface area contributed by atoms with E-state index < -0.39 is 0 Å². The van der Waals surface area contributed by atoms with Crippen LogP contribution < -0.4 is 10.3 Å². The molecule has 4 rings (SSSR count). The Morgan fingerprint density at radius 1 is 1.06 bits per heavy atom. The molecule has 0 radical (unpaired) electrons. The number of hydrogen-bond donors (Lipinski definition) is 1. The first-order chi connectivity index (χ1) is 14.8. The number of anilines is 2. The first-order valence-corrected chi connectivity index (χ1v) is 11.6. The predicted molar refractivity (Wildman–Crippen MR) is 132 cm³/mol. The molecule has 0 unspecified atom stereocenters. The molecule has 6 nitrogen and oxygen atoms in total. The number of benzene rings is 2. The molecule has 0 aliphatic carbocycles.